The van der Waals surface area contributed by atoms with Crippen LogP contribution in [0.4, 0.5) is 24.8 Å². The van der Waals surface area contributed by atoms with E-state index in [0.29, 0.717) is 19.1 Å². The van der Waals surface area contributed by atoms with Gasteiger partial charge in [-0.2, -0.15) is 13.2 Å². The molecule has 0 spiro atoms. The number of ether oxygens (including phenoxy) is 1. The van der Waals surface area contributed by atoms with Gasteiger partial charge in [-0.15, -0.1) is 0 Å². The van der Waals surface area contributed by atoms with E-state index in [2.05, 4.69) is 9.97 Å². The zero-order valence-electron chi connectivity index (χ0n) is 12.0. The number of methoxy groups -OCH3 is 1. The van der Waals surface area contributed by atoms with Gasteiger partial charge in [0.05, 0.1) is 6.61 Å². The van der Waals surface area contributed by atoms with Gasteiger partial charge in [-0.25, -0.2) is 9.97 Å². The van der Waals surface area contributed by atoms with Crippen molar-refractivity contribution < 1.29 is 17.9 Å². The summed E-state index contributed by atoms with van der Waals surface area (Å²) < 4.78 is 43.5. The topological polar surface area (TPSA) is 64.3 Å². The molecule has 1 aliphatic carbocycles. The minimum atomic E-state index is -4.61. The molecule has 1 aromatic heterocycles. The maximum Gasteiger partial charge on any atom is 0.451 e. The van der Waals surface area contributed by atoms with Crippen molar-refractivity contribution in [2.45, 2.75) is 32.0 Å². The van der Waals surface area contributed by atoms with E-state index in [1.165, 1.54) is 6.07 Å². The van der Waals surface area contributed by atoms with E-state index in [1.807, 2.05) is 11.8 Å². The third-order valence-electron chi connectivity index (χ3n) is 3.61. The lowest BCUT2D eigenvalue weighted by Gasteiger charge is -2.30. The Bertz CT molecular complexity index is 491. The average molecular weight is 304 g/mol. The Morgan fingerprint density at radius 2 is 2.10 bits per heavy atom. The predicted octanol–water partition coefficient (Wildman–Crippen LogP) is 2.33. The van der Waals surface area contributed by atoms with E-state index in [-0.39, 0.29) is 17.7 Å². The number of alkyl halides is 3. The molecule has 1 fully saturated rings. The maximum atomic E-state index is 12.8. The van der Waals surface area contributed by atoms with E-state index in [0.717, 1.165) is 12.8 Å². The Labute approximate surface area is 121 Å². The number of nitrogen functional groups attached to an aromatic ring is 1. The second-order valence-corrected chi connectivity index (χ2v) is 5.24. The van der Waals surface area contributed by atoms with Crippen LogP contribution in [0.3, 0.4) is 0 Å². The second kappa shape index (κ2) is 6.05. The SMILES string of the molecule is COCCN(c1cc(N)nc(C(F)(F)F)n1)C(C)C1CC1. The molecular weight excluding hydrogens is 285 g/mol. The molecule has 21 heavy (non-hydrogen) atoms. The lowest BCUT2D eigenvalue weighted by molar-refractivity contribution is -0.144. The fraction of sp³-hybridized carbons (Fsp3) is 0.692. The Morgan fingerprint density at radius 3 is 2.62 bits per heavy atom. The lowest BCUT2D eigenvalue weighted by Crippen LogP contribution is -2.38. The van der Waals surface area contributed by atoms with Gasteiger partial charge in [-0.1, -0.05) is 0 Å². The normalized spacial score (nSPS) is 16.8. The fourth-order valence-electron chi connectivity index (χ4n) is 2.28. The summed E-state index contributed by atoms with van der Waals surface area (Å²) in [6, 6.07) is 1.47. The third-order valence-corrected chi connectivity index (χ3v) is 3.61. The summed E-state index contributed by atoms with van der Waals surface area (Å²) in [6.45, 7) is 2.85. The van der Waals surface area contributed by atoms with Crippen LogP contribution in [0, 0.1) is 5.92 Å². The van der Waals surface area contributed by atoms with Gasteiger partial charge in [0.2, 0.25) is 5.82 Å². The van der Waals surface area contributed by atoms with Gasteiger partial charge in [-0.3, -0.25) is 0 Å². The fourth-order valence-corrected chi connectivity index (χ4v) is 2.28. The molecule has 0 aromatic carbocycles. The van der Waals surface area contributed by atoms with Crippen molar-refractivity contribution in [3.8, 4) is 0 Å². The first-order chi connectivity index (χ1) is 9.82. The van der Waals surface area contributed by atoms with Crippen LogP contribution < -0.4 is 10.6 Å². The quantitative estimate of drug-likeness (QED) is 0.874. The van der Waals surface area contributed by atoms with E-state index in [4.69, 9.17) is 10.5 Å². The molecule has 1 atom stereocenters. The molecule has 0 radical (unpaired) electrons. The van der Waals surface area contributed by atoms with Gasteiger partial charge < -0.3 is 15.4 Å². The van der Waals surface area contributed by atoms with Crippen LogP contribution in [-0.4, -0.2) is 36.3 Å². The molecule has 5 nitrogen and oxygen atoms in total. The molecule has 1 heterocycles. The molecule has 1 aromatic rings. The van der Waals surface area contributed by atoms with Gasteiger partial charge in [0.15, 0.2) is 0 Å². The first-order valence-corrected chi connectivity index (χ1v) is 6.80. The maximum absolute atomic E-state index is 12.8. The zero-order valence-corrected chi connectivity index (χ0v) is 12.0. The van der Waals surface area contributed by atoms with Gasteiger partial charge in [-0.05, 0) is 25.7 Å². The van der Waals surface area contributed by atoms with Gasteiger partial charge in [0, 0.05) is 25.8 Å². The minimum Gasteiger partial charge on any atom is -0.384 e. The zero-order chi connectivity index (χ0) is 15.6. The summed E-state index contributed by atoms with van der Waals surface area (Å²) in [5, 5.41) is 0. The molecule has 8 heteroatoms. The minimum absolute atomic E-state index is 0.0931. The highest BCUT2D eigenvalue weighted by atomic mass is 19.4. The van der Waals surface area contributed by atoms with Gasteiger partial charge in [0.25, 0.3) is 0 Å². The number of anilines is 2. The van der Waals surface area contributed by atoms with Crippen LogP contribution >= 0.6 is 0 Å². The van der Waals surface area contributed by atoms with Crippen LogP contribution in [0.1, 0.15) is 25.6 Å². The largest absolute Gasteiger partial charge is 0.451 e. The first-order valence-electron chi connectivity index (χ1n) is 6.80. The van der Waals surface area contributed by atoms with Crippen molar-refractivity contribution in [2.75, 3.05) is 30.9 Å². The number of nitrogens with two attached hydrogens (primary N) is 1. The molecule has 0 saturated heterocycles. The second-order valence-electron chi connectivity index (χ2n) is 5.24. The van der Waals surface area contributed by atoms with Crippen molar-refractivity contribution in [2.24, 2.45) is 5.92 Å². The molecule has 0 amide bonds. The highest BCUT2D eigenvalue weighted by molar-refractivity contribution is 5.48. The van der Waals surface area contributed by atoms with E-state index < -0.39 is 12.0 Å². The molecule has 2 N–H and O–H groups in total. The summed E-state index contributed by atoms with van der Waals surface area (Å²) in [4.78, 5) is 8.73. The standard InChI is InChI=1S/C13H19F3N4O/c1-8(9-3-4-9)20(5-6-21-2)11-7-10(17)18-12(19-11)13(14,15)16/h7-9H,3-6H2,1-2H3,(H2,17,18,19). The summed E-state index contributed by atoms with van der Waals surface area (Å²) in [5.41, 5.74) is 5.51. The summed E-state index contributed by atoms with van der Waals surface area (Å²) in [7, 11) is 1.55. The lowest BCUT2D eigenvalue weighted by atomic mass is 10.2. The smallest absolute Gasteiger partial charge is 0.384 e. The number of rotatable bonds is 6. The van der Waals surface area contributed by atoms with Crippen LogP contribution in [0.15, 0.2) is 6.07 Å². The van der Waals surface area contributed by atoms with Crippen molar-refractivity contribution in [3.63, 3.8) is 0 Å². The number of hydrogen-bond donors (Lipinski definition) is 1. The highest BCUT2D eigenvalue weighted by Gasteiger charge is 2.37. The third kappa shape index (κ3) is 3.96. The van der Waals surface area contributed by atoms with Crippen LogP contribution in [0.25, 0.3) is 0 Å². The summed E-state index contributed by atoms with van der Waals surface area (Å²) in [6.07, 6.45) is -2.45. The van der Waals surface area contributed by atoms with Crippen molar-refractivity contribution in [1.29, 1.82) is 0 Å². The van der Waals surface area contributed by atoms with E-state index >= 15 is 0 Å². The highest BCUT2D eigenvalue weighted by Crippen LogP contribution is 2.37. The molecule has 0 aliphatic heterocycles. The molecule has 1 aliphatic rings. The van der Waals surface area contributed by atoms with Gasteiger partial charge in [0.1, 0.15) is 11.6 Å². The Balaban J connectivity index is 2.31. The summed E-state index contributed by atoms with van der Waals surface area (Å²) in [5.74, 6) is -0.709. The number of hydrogen-bond acceptors (Lipinski definition) is 5. The van der Waals surface area contributed by atoms with Crippen LogP contribution in [0.5, 0.6) is 0 Å². The number of nitrogens with zero attached hydrogens (tertiary/aromatic N) is 3. The van der Waals surface area contributed by atoms with Crippen LogP contribution in [-0.2, 0) is 10.9 Å². The first kappa shape index (κ1) is 15.8. The summed E-state index contributed by atoms with van der Waals surface area (Å²) >= 11 is 0. The molecule has 2 rings (SSSR count). The van der Waals surface area contributed by atoms with Crippen LogP contribution in [0.2, 0.25) is 0 Å². The Morgan fingerprint density at radius 1 is 1.43 bits per heavy atom. The Kier molecular flexibility index (Phi) is 4.55. The molecule has 118 valence electrons. The van der Waals surface area contributed by atoms with Crippen molar-refractivity contribution >= 4 is 11.6 Å². The Hall–Kier alpha value is -1.57. The average Bonchev–Trinajstić information content (AvgIpc) is 3.21. The molecule has 1 saturated carbocycles. The molecule has 0 bridgehead atoms. The molecule has 1 unspecified atom stereocenters. The van der Waals surface area contributed by atoms with Gasteiger partial charge >= 0.3 is 6.18 Å². The van der Waals surface area contributed by atoms with E-state index in [9.17, 15) is 13.2 Å². The van der Waals surface area contributed by atoms with E-state index in [1.54, 1.807) is 7.11 Å². The number of halogens is 3. The number of aromatic nitrogens is 2. The van der Waals surface area contributed by atoms with Crippen molar-refractivity contribution in [1.82, 2.24) is 9.97 Å². The van der Waals surface area contributed by atoms with Crippen molar-refractivity contribution in [3.05, 3.63) is 11.9 Å². The molecular formula is C13H19F3N4O. The predicted molar refractivity (Wildman–Crippen MR) is 72.9 cm³/mol. The monoisotopic (exact) mass is 304 g/mol.